The zero-order valence-electron chi connectivity index (χ0n) is 9.37. The van der Waals surface area contributed by atoms with Crippen molar-refractivity contribution in [3.8, 4) is 0 Å². The van der Waals surface area contributed by atoms with Crippen molar-refractivity contribution in [1.82, 2.24) is 4.90 Å². The Morgan fingerprint density at radius 1 is 1.44 bits per heavy atom. The first-order valence-electron chi connectivity index (χ1n) is 5.85. The summed E-state index contributed by atoms with van der Waals surface area (Å²) in [5, 5.41) is 12.5. The molecule has 3 aliphatic rings. The van der Waals surface area contributed by atoms with Gasteiger partial charge in [0.05, 0.1) is 6.04 Å². The molecule has 0 aromatic carbocycles. The van der Waals surface area contributed by atoms with Gasteiger partial charge >= 0.3 is 0 Å². The number of hydrogen-bond acceptors (Lipinski definition) is 3. The molecule has 3 nitrogen and oxygen atoms in total. The van der Waals surface area contributed by atoms with Crippen LogP contribution in [0.15, 0.2) is 41.2 Å². The smallest absolute Gasteiger partial charge is 0.102 e. The summed E-state index contributed by atoms with van der Waals surface area (Å²) in [6, 6.07) is 0.256. The van der Waals surface area contributed by atoms with E-state index in [9.17, 15) is 0 Å². The van der Waals surface area contributed by atoms with Gasteiger partial charge in [0.2, 0.25) is 0 Å². The molecule has 0 amide bonds. The molecule has 3 unspecified atom stereocenters. The first-order valence-corrected chi connectivity index (χ1v) is 5.85. The molecular formula is C13H16N2O. The maximum atomic E-state index is 9.06. The van der Waals surface area contributed by atoms with Crippen LogP contribution < -0.4 is 0 Å². The zero-order valence-corrected chi connectivity index (χ0v) is 9.37. The van der Waals surface area contributed by atoms with E-state index >= 15 is 0 Å². The van der Waals surface area contributed by atoms with Crippen molar-refractivity contribution in [1.29, 1.82) is 0 Å². The van der Waals surface area contributed by atoms with Gasteiger partial charge in [0, 0.05) is 18.2 Å². The van der Waals surface area contributed by atoms with Crippen LogP contribution in [-0.2, 0) is 0 Å². The highest BCUT2D eigenvalue weighted by molar-refractivity contribution is 6.00. The van der Waals surface area contributed by atoms with Crippen molar-refractivity contribution in [2.75, 3.05) is 6.54 Å². The lowest BCUT2D eigenvalue weighted by Crippen LogP contribution is -2.40. The Morgan fingerprint density at radius 3 is 3.12 bits per heavy atom. The zero-order chi connectivity index (χ0) is 11.1. The number of allylic oxidation sites excluding steroid dienone is 4. The van der Waals surface area contributed by atoms with Gasteiger partial charge in [-0.05, 0) is 24.5 Å². The lowest BCUT2D eigenvalue weighted by molar-refractivity contribution is 0.295. The topological polar surface area (TPSA) is 35.8 Å². The SMILES string of the molecule is CC1C2CC=CC=C2N2CC=CC(=NO)C12. The summed E-state index contributed by atoms with van der Waals surface area (Å²) < 4.78 is 0. The minimum Gasteiger partial charge on any atom is -0.411 e. The highest BCUT2D eigenvalue weighted by Crippen LogP contribution is 2.43. The highest BCUT2D eigenvalue weighted by atomic mass is 16.4. The van der Waals surface area contributed by atoms with Crippen molar-refractivity contribution < 1.29 is 5.21 Å². The first-order chi connectivity index (χ1) is 7.83. The van der Waals surface area contributed by atoms with Crippen LogP contribution in [0, 0.1) is 11.8 Å². The minimum atomic E-state index is 0.256. The fourth-order valence-corrected chi connectivity index (χ4v) is 3.22. The van der Waals surface area contributed by atoms with E-state index in [4.69, 9.17) is 5.21 Å². The molecule has 3 rings (SSSR count). The fourth-order valence-electron chi connectivity index (χ4n) is 3.22. The predicted octanol–water partition coefficient (Wildman–Crippen LogP) is 2.17. The maximum Gasteiger partial charge on any atom is 0.102 e. The van der Waals surface area contributed by atoms with Gasteiger partial charge in [0.25, 0.3) is 0 Å². The van der Waals surface area contributed by atoms with Crippen LogP contribution in [0.5, 0.6) is 0 Å². The lowest BCUT2D eigenvalue weighted by Gasteiger charge is -2.30. The molecule has 0 saturated carbocycles. The van der Waals surface area contributed by atoms with Gasteiger partial charge in [-0.1, -0.05) is 30.3 Å². The first kappa shape index (κ1) is 9.70. The monoisotopic (exact) mass is 216 g/mol. The third kappa shape index (κ3) is 1.17. The van der Waals surface area contributed by atoms with Gasteiger partial charge in [0.15, 0.2) is 0 Å². The Morgan fingerprint density at radius 2 is 2.31 bits per heavy atom. The summed E-state index contributed by atoms with van der Waals surface area (Å²) in [4.78, 5) is 2.37. The fraction of sp³-hybridized carbons (Fsp3) is 0.462. The van der Waals surface area contributed by atoms with Gasteiger partial charge in [0.1, 0.15) is 5.71 Å². The summed E-state index contributed by atoms with van der Waals surface area (Å²) in [7, 11) is 0. The van der Waals surface area contributed by atoms with E-state index in [0.717, 1.165) is 18.7 Å². The molecule has 84 valence electrons. The quantitative estimate of drug-likeness (QED) is 0.497. The molecule has 1 aliphatic carbocycles. The number of oxime groups is 1. The predicted molar refractivity (Wildman–Crippen MR) is 63.3 cm³/mol. The molecule has 0 spiro atoms. The van der Waals surface area contributed by atoms with E-state index in [-0.39, 0.29) is 6.04 Å². The van der Waals surface area contributed by atoms with Crippen molar-refractivity contribution in [3.63, 3.8) is 0 Å². The molecule has 0 radical (unpaired) electrons. The van der Waals surface area contributed by atoms with Crippen molar-refractivity contribution in [2.24, 2.45) is 17.0 Å². The highest BCUT2D eigenvalue weighted by Gasteiger charge is 2.44. The molecule has 1 N–H and O–H groups in total. The third-order valence-corrected chi connectivity index (χ3v) is 3.98. The molecule has 0 bridgehead atoms. The van der Waals surface area contributed by atoms with Crippen LogP contribution in [0.4, 0.5) is 0 Å². The van der Waals surface area contributed by atoms with Crippen LogP contribution >= 0.6 is 0 Å². The summed E-state index contributed by atoms with van der Waals surface area (Å²) in [6.45, 7) is 3.19. The van der Waals surface area contributed by atoms with Gasteiger partial charge in [-0.25, -0.2) is 0 Å². The molecule has 2 aliphatic heterocycles. The summed E-state index contributed by atoms with van der Waals surface area (Å²) in [6.07, 6.45) is 11.7. The normalized spacial score (nSPS) is 38.6. The van der Waals surface area contributed by atoms with Crippen molar-refractivity contribution in [3.05, 3.63) is 36.1 Å². The van der Waals surface area contributed by atoms with Crippen molar-refractivity contribution >= 4 is 5.71 Å². The Balaban J connectivity index is 2.04. The summed E-state index contributed by atoms with van der Waals surface area (Å²) >= 11 is 0. The Hall–Kier alpha value is -1.51. The molecule has 1 fully saturated rings. The molecular weight excluding hydrogens is 200 g/mol. The average molecular weight is 216 g/mol. The summed E-state index contributed by atoms with van der Waals surface area (Å²) in [5.41, 5.74) is 2.21. The second-order valence-corrected chi connectivity index (χ2v) is 4.75. The van der Waals surface area contributed by atoms with Gasteiger partial charge in [-0.3, -0.25) is 0 Å². The van der Waals surface area contributed by atoms with Crippen LogP contribution in [0.25, 0.3) is 0 Å². The number of rotatable bonds is 0. The van der Waals surface area contributed by atoms with Crippen molar-refractivity contribution in [2.45, 2.75) is 19.4 Å². The minimum absolute atomic E-state index is 0.256. The van der Waals surface area contributed by atoms with E-state index in [2.05, 4.69) is 41.3 Å². The average Bonchev–Trinajstić information content (AvgIpc) is 2.64. The van der Waals surface area contributed by atoms with E-state index in [0.29, 0.717) is 11.8 Å². The van der Waals surface area contributed by atoms with E-state index in [1.54, 1.807) is 0 Å². The molecule has 0 aromatic heterocycles. The third-order valence-electron chi connectivity index (χ3n) is 3.98. The van der Waals surface area contributed by atoms with Crippen LogP contribution in [0.3, 0.4) is 0 Å². The molecule has 3 heteroatoms. The Labute approximate surface area is 95.4 Å². The van der Waals surface area contributed by atoms with Gasteiger partial charge < -0.3 is 10.1 Å². The second kappa shape index (κ2) is 3.51. The number of nitrogens with zero attached hydrogens (tertiary/aromatic N) is 2. The molecule has 3 atom stereocenters. The van der Waals surface area contributed by atoms with E-state index in [1.165, 1.54) is 5.70 Å². The standard InChI is InChI=1S/C13H16N2O/c1-9-10-5-2-3-7-12(10)15-8-4-6-11(14-16)13(9)15/h2-4,6-7,9-10,13,16H,5,8H2,1H3. The maximum absolute atomic E-state index is 9.06. The molecule has 16 heavy (non-hydrogen) atoms. The number of hydrogen-bond donors (Lipinski definition) is 1. The molecule has 1 saturated heterocycles. The van der Waals surface area contributed by atoms with Crippen LogP contribution in [-0.4, -0.2) is 28.4 Å². The van der Waals surface area contributed by atoms with E-state index in [1.807, 2.05) is 6.08 Å². The van der Waals surface area contributed by atoms with Crippen LogP contribution in [0.2, 0.25) is 0 Å². The summed E-state index contributed by atoms with van der Waals surface area (Å²) in [5.74, 6) is 1.11. The second-order valence-electron chi connectivity index (χ2n) is 4.75. The van der Waals surface area contributed by atoms with Gasteiger partial charge in [-0.2, -0.15) is 0 Å². The Bertz CT molecular complexity index is 420. The largest absolute Gasteiger partial charge is 0.411 e. The molecule has 0 aromatic rings. The lowest BCUT2D eigenvalue weighted by atomic mass is 9.85. The Kier molecular flexibility index (Phi) is 2.13. The number of fused-ring (bicyclic) bond motifs is 3. The van der Waals surface area contributed by atoms with E-state index < -0.39 is 0 Å². The van der Waals surface area contributed by atoms with Crippen LogP contribution in [0.1, 0.15) is 13.3 Å². The van der Waals surface area contributed by atoms with Gasteiger partial charge in [-0.15, -0.1) is 0 Å². The molecule has 2 heterocycles.